The minimum absolute atomic E-state index is 0.120. The van der Waals surface area contributed by atoms with Crippen LogP contribution in [-0.4, -0.2) is 34.7 Å². The zero-order chi connectivity index (χ0) is 19.2. The van der Waals surface area contributed by atoms with Gasteiger partial charge in [0.2, 0.25) is 0 Å². The molecule has 1 saturated carbocycles. The zero-order valence-corrected chi connectivity index (χ0v) is 15.2. The summed E-state index contributed by atoms with van der Waals surface area (Å²) in [5.41, 5.74) is -0.162. The number of hydrogen-bond donors (Lipinski definition) is 3. The summed E-state index contributed by atoms with van der Waals surface area (Å²) in [6.45, 7) is -0.414. The van der Waals surface area contributed by atoms with Crippen LogP contribution in [0.1, 0.15) is 55.3 Å². The van der Waals surface area contributed by atoms with Gasteiger partial charge in [-0.05, 0) is 18.9 Å². The Balaban J connectivity index is 1.61. The van der Waals surface area contributed by atoms with E-state index < -0.39 is 12.6 Å². The maximum Gasteiger partial charge on any atom is 0.342 e. The van der Waals surface area contributed by atoms with Crippen molar-refractivity contribution in [1.29, 1.82) is 0 Å². The summed E-state index contributed by atoms with van der Waals surface area (Å²) in [4.78, 5) is 24.4. The van der Waals surface area contributed by atoms with Crippen LogP contribution in [0.15, 0.2) is 30.3 Å². The molecule has 6 nitrogen and oxygen atoms in total. The first-order chi connectivity index (χ1) is 13.1. The van der Waals surface area contributed by atoms with Crippen molar-refractivity contribution in [1.82, 2.24) is 5.32 Å². The number of phenolic OH excluding ortho intramolecular Hbond substituents is 2. The minimum Gasteiger partial charge on any atom is -0.507 e. The van der Waals surface area contributed by atoms with Crippen molar-refractivity contribution in [3.05, 3.63) is 35.9 Å². The van der Waals surface area contributed by atoms with Gasteiger partial charge >= 0.3 is 5.97 Å². The Hall–Kier alpha value is -2.76. The van der Waals surface area contributed by atoms with Crippen LogP contribution in [0, 0.1) is 0 Å². The van der Waals surface area contributed by atoms with Gasteiger partial charge in [0.1, 0.15) is 17.1 Å². The highest BCUT2D eigenvalue weighted by molar-refractivity contribution is 6.04. The van der Waals surface area contributed by atoms with Crippen LogP contribution in [0.5, 0.6) is 11.5 Å². The molecule has 3 rings (SSSR count). The molecule has 0 radical (unpaired) electrons. The van der Waals surface area contributed by atoms with Gasteiger partial charge in [0.25, 0.3) is 5.91 Å². The molecule has 2 aromatic carbocycles. The van der Waals surface area contributed by atoms with E-state index in [1.54, 1.807) is 24.3 Å². The van der Waals surface area contributed by atoms with Crippen LogP contribution in [0.25, 0.3) is 10.8 Å². The number of ether oxygens (including phenoxy) is 1. The molecule has 0 bridgehead atoms. The number of carbonyl (C=O) groups is 2. The number of amides is 1. The second-order valence-corrected chi connectivity index (χ2v) is 7.02. The molecular formula is C21H25NO5. The summed E-state index contributed by atoms with van der Waals surface area (Å²) in [5.74, 6) is -1.59. The lowest BCUT2D eigenvalue weighted by molar-refractivity contribution is -0.125. The van der Waals surface area contributed by atoms with E-state index in [9.17, 15) is 19.8 Å². The Morgan fingerprint density at radius 1 is 1.00 bits per heavy atom. The Bertz CT molecular complexity index is 825. The lowest BCUT2D eigenvalue weighted by atomic mass is 9.97. The van der Waals surface area contributed by atoms with Gasteiger partial charge in [0.05, 0.1) is 0 Å². The van der Waals surface area contributed by atoms with E-state index >= 15 is 0 Å². The number of fused-ring (bicyclic) bond motifs is 1. The molecule has 0 heterocycles. The molecule has 2 aromatic rings. The molecule has 1 amide bonds. The lowest BCUT2D eigenvalue weighted by Crippen LogP contribution is -2.38. The second-order valence-electron chi connectivity index (χ2n) is 7.02. The number of rotatable bonds is 4. The Labute approximate surface area is 158 Å². The molecule has 1 aliphatic carbocycles. The molecule has 27 heavy (non-hydrogen) atoms. The van der Waals surface area contributed by atoms with E-state index in [2.05, 4.69) is 5.32 Å². The first-order valence-corrected chi connectivity index (χ1v) is 9.46. The average Bonchev–Trinajstić information content (AvgIpc) is 2.65. The van der Waals surface area contributed by atoms with Crippen LogP contribution in [0.3, 0.4) is 0 Å². The number of esters is 1. The van der Waals surface area contributed by atoms with E-state index in [0.717, 1.165) is 31.7 Å². The number of aromatic hydroxyl groups is 2. The standard InChI is InChI=1S/C21H25NO5/c23-18-12-17(20(25)16-11-7-6-10-15(16)18)21(26)27-13-19(24)22-14-8-4-2-1-3-5-9-14/h6-7,10-12,14,23,25H,1-5,8-9,13H2,(H,22,24). The van der Waals surface area contributed by atoms with E-state index in [4.69, 9.17) is 4.74 Å². The van der Waals surface area contributed by atoms with Crippen LogP contribution in [0.2, 0.25) is 0 Å². The molecule has 0 unspecified atom stereocenters. The van der Waals surface area contributed by atoms with Crippen molar-refractivity contribution >= 4 is 22.6 Å². The van der Waals surface area contributed by atoms with E-state index in [1.165, 1.54) is 19.3 Å². The number of hydrogen-bond acceptors (Lipinski definition) is 5. The molecule has 1 fully saturated rings. The molecule has 6 heteroatoms. The van der Waals surface area contributed by atoms with Crippen molar-refractivity contribution in [2.45, 2.75) is 51.0 Å². The van der Waals surface area contributed by atoms with Gasteiger partial charge in [-0.2, -0.15) is 0 Å². The van der Waals surface area contributed by atoms with Crippen molar-refractivity contribution in [2.75, 3.05) is 6.61 Å². The molecule has 0 aliphatic heterocycles. The molecule has 1 aliphatic rings. The Morgan fingerprint density at radius 2 is 1.63 bits per heavy atom. The van der Waals surface area contributed by atoms with Gasteiger partial charge in [-0.1, -0.05) is 56.4 Å². The predicted octanol–water partition coefficient (Wildman–Crippen LogP) is 3.64. The SMILES string of the molecule is O=C(COC(=O)c1cc(O)c2ccccc2c1O)NC1CCCCCCC1. The van der Waals surface area contributed by atoms with Crippen molar-refractivity contribution < 1.29 is 24.5 Å². The fourth-order valence-corrected chi connectivity index (χ4v) is 3.58. The summed E-state index contributed by atoms with van der Waals surface area (Å²) in [6.07, 6.45) is 7.69. The normalized spacial score (nSPS) is 15.7. The van der Waals surface area contributed by atoms with E-state index in [0.29, 0.717) is 10.8 Å². The summed E-state index contributed by atoms with van der Waals surface area (Å²) >= 11 is 0. The first-order valence-electron chi connectivity index (χ1n) is 9.46. The summed E-state index contributed by atoms with van der Waals surface area (Å²) in [7, 11) is 0. The van der Waals surface area contributed by atoms with Crippen LogP contribution in [-0.2, 0) is 9.53 Å². The maximum absolute atomic E-state index is 12.3. The highest BCUT2D eigenvalue weighted by atomic mass is 16.5. The Morgan fingerprint density at radius 3 is 2.33 bits per heavy atom. The third-order valence-electron chi connectivity index (χ3n) is 5.02. The average molecular weight is 371 g/mol. The monoisotopic (exact) mass is 371 g/mol. The molecule has 0 spiro atoms. The van der Waals surface area contributed by atoms with Crippen LogP contribution < -0.4 is 5.32 Å². The molecule has 0 atom stereocenters. The predicted molar refractivity (Wildman–Crippen MR) is 102 cm³/mol. The quantitative estimate of drug-likeness (QED) is 0.563. The fourth-order valence-electron chi connectivity index (χ4n) is 3.58. The number of carbonyl (C=O) groups excluding carboxylic acids is 2. The van der Waals surface area contributed by atoms with E-state index in [1.807, 2.05) is 0 Å². The third kappa shape index (κ3) is 4.70. The maximum atomic E-state index is 12.3. The zero-order valence-electron chi connectivity index (χ0n) is 15.2. The van der Waals surface area contributed by atoms with Gasteiger partial charge < -0.3 is 20.3 Å². The van der Waals surface area contributed by atoms with Crippen LogP contribution in [0.4, 0.5) is 0 Å². The third-order valence-corrected chi connectivity index (χ3v) is 5.02. The number of benzene rings is 2. The highest BCUT2D eigenvalue weighted by Gasteiger charge is 2.20. The topological polar surface area (TPSA) is 95.9 Å². The number of phenols is 2. The van der Waals surface area contributed by atoms with Gasteiger partial charge in [-0.3, -0.25) is 4.79 Å². The molecule has 0 aromatic heterocycles. The molecule has 0 saturated heterocycles. The molecule has 3 N–H and O–H groups in total. The molecule has 144 valence electrons. The smallest absolute Gasteiger partial charge is 0.342 e. The summed E-state index contributed by atoms with van der Waals surface area (Å²) in [6, 6.07) is 7.93. The lowest BCUT2D eigenvalue weighted by Gasteiger charge is -2.21. The number of nitrogens with one attached hydrogen (secondary N) is 1. The summed E-state index contributed by atoms with van der Waals surface area (Å²) < 4.78 is 5.05. The van der Waals surface area contributed by atoms with Crippen molar-refractivity contribution in [2.24, 2.45) is 0 Å². The Kier molecular flexibility index (Phi) is 6.16. The van der Waals surface area contributed by atoms with E-state index in [-0.39, 0.29) is 29.0 Å². The van der Waals surface area contributed by atoms with Gasteiger partial charge in [0, 0.05) is 16.8 Å². The van der Waals surface area contributed by atoms with Gasteiger partial charge in [0.15, 0.2) is 6.61 Å². The largest absolute Gasteiger partial charge is 0.507 e. The van der Waals surface area contributed by atoms with Crippen molar-refractivity contribution in [3.63, 3.8) is 0 Å². The van der Waals surface area contributed by atoms with Gasteiger partial charge in [-0.15, -0.1) is 0 Å². The first kappa shape index (κ1) is 19.0. The molecular weight excluding hydrogens is 346 g/mol. The summed E-state index contributed by atoms with van der Waals surface area (Å²) in [5, 5.41) is 24.1. The van der Waals surface area contributed by atoms with Crippen LogP contribution >= 0.6 is 0 Å². The van der Waals surface area contributed by atoms with Crippen molar-refractivity contribution in [3.8, 4) is 11.5 Å². The van der Waals surface area contributed by atoms with Gasteiger partial charge in [-0.25, -0.2) is 4.79 Å². The second kappa shape index (κ2) is 8.75. The highest BCUT2D eigenvalue weighted by Crippen LogP contribution is 2.35. The minimum atomic E-state index is -0.846. The fraction of sp³-hybridized carbons (Fsp3) is 0.429.